The fraction of sp³-hybridized carbons (Fsp3) is 0.137. The monoisotopic (exact) mass is 683 g/mol. The molecule has 0 spiro atoms. The number of furan rings is 1. The van der Waals surface area contributed by atoms with Crippen LogP contribution in [0.4, 0.5) is 17.1 Å². The van der Waals surface area contributed by atoms with E-state index in [4.69, 9.17) is 4.42 Å². The molecule has 1 heterocycles. The van der Waals surface area contributed by atoms with Crippen LogP contribution in [0, 0.1) is 0 Å². The van der Waals surface area contributed by atoms with Crippen molar-refractivity contribution in [2.75, 3.05) is 4.90 Å². The normalized spacial score (nSPS) is 13.5. The zero-order valence-corrected chi connectivity index (χ0v) is 30.9. The topological polar surface area (TPSA) is 16.4 Å². The Morgan fingerprint density at radius 2 is 1.15 bits per heavy atom. The summed E-state index contributed by atoms with van der Waals surface area (Å²) in [5.74, 6) is 0. The fourth-order valence-electron chi connectivity index (χ4n) is 9.02. The summed E-state index contributed by atoms with van der Waals surface area (Å²) in [6.45, 7) is 11.6. The van der Waals surface area contributed by atoms with E-state index in [1.807, 2.05) is 6.07 Å². The van der Waals surface area contributed by atoms with Gasteiger partial charge in [-0.15, -0.1) is 0 Å². The Kier molecular flexibility index (Phi) is 6.82. The summed E-state index contributed by atoms with van der Waals surface area (Å²) < 4.78 is 6.31. The van der Waals surface area contributed by atoms with Gasteiger partial charge in [0.1, 0.15) is 11.2 Å². The summed E-state index contributed by atoms with van der Waals surface area (Å²) in [5.41, 5.74) is 14.2. The summed E-state index contributed by atoms with van der Waals surface area (Å²) in [6, 6.07) is 58.1. The minimum Gasteiger partial charge on any atom is -0.456 e. The van der Waals surface area contributed by atoms with Gasteiger partial charge in [0.25, 0.3) is 0 Å². The van der Waals surface area contributed by atoms with Crippen molar-refractivity contribution in [3.05, 3.63) is 174 Å². The highest BCUT2D eigenvalue weighted by atomic mass is 16.3. The molecule has 0 saturated carbocycles. The lowest BCUT2D eigenvalue weighted by Gasteiger charge is -2.32. The Balaban J connectivity index is 1.31. The Bertz CT molecular complexity index is 2920. The Labute approximate surface area is 310 Å². The third-order valence-electron chi connectivity index (χ3n) is 11.6. The van der Waals surface area contributed by atoms with E-state index in [1.165, 1.54) is 54.9 Å². The van der Waals surface area contributed by atoms with Gasteiger partial charge in [-0.2, -0.15) is 0 Å². The number of hydrogen-bond donors (Lipinski definition) is 0. The van der Waals surface area contributed by atoms with Crippen LogP contribution < -0.4 is 4.90 Å². The quantitative estimate of drug-likeness (QED) is 0.184. The van der Waals surface area contributed by atoms with Gasteiger partial charge in [-0.3, -0.25) is 0 Å². The highest BCUT2D eigenvalue weighted by Crippen LogP contribution is 2.53. The molecule has 9 aromatic rings. The van der Waals surface area contributed by atoms with Crippen LogP contribution in [-0.2, 0) is 10.8 Å². The molecule has 256 valence electrons. The van der Waals surface area contributed by atoms with Crippen LogP contribution >= 0.6 is 0 Å². The van der Waals surface area contributed by atoms with E-state index in [-0.39, 0.29) is 10.8 Å². The molecule has 0 aliphatic heterocycles. The zero-order chi connectivity index (χ0) is 36.1. The first-order valence-electron chi connectivity index (χ1n) is 18.7. The van der Waals surface area contributed by atoms with Gasteiger partial charge in [0, 0.05) is 32.8 Å². The molecule has 1 aliphatic rings. The van der Waals surface area contributed by atoms with E-state index in [2.05, 4.69) is 191 Å². The van der Waals surface area contributed by atoms with Gasteiger partial charge in [-0.05, 0) is 97.4 Å². The van der Waals surface area contributed by atoms with Gasteiger partial charge < -0.3 is 9.32 Å². The van der Waals surface area contributed by atoms with Gasteiger partial charge in [0.15, 0.2) is 0 Å². The molecule has 0 unspecified atom stereocenters. The maximum absolute atomic E-state index is 6.31. The van der Waals surface area contributed by atoms with Crippen molar-refractivity contribution < 1.29 is 4.42 Å². The number of anilines is 3. The third-order valence-corrected chi connectivity index (χ3v) is 11.6. The highest BCUT2D eigenvalue weighted by Gasteiger charge is 2.36. The van der Waals surface area contributed by atoms with Crippen LogP contribution in [0.25, 0.3) is 65.7 Å². The zero-order valence-electron chi connectivity index (χ0n) is 30.9. The van der Waals surface area contributed by atoms with E-state index in [0.717, 1.165) is 44.6 Å². The summed E-state index contributed by atoms with van der Waals surface area (Å²) in [4.78, 5) is 2.52. The molecule has 0 saturated heterocycles. The molecule has 10 rings (SSSR count). The molecular formula is C51H41NO. The molecule has 1 aliphatic carbocycles. The first-order chi connectivity index (χ1) is 25.7. The van der Waals surface area contributed by atoms with Crippen molar-refractivity contribution in [3.8, 4) is 22.3 Å². The van der Waals surface area contributed by atoms with Crippen molar-refractivity contribution in [2.45, 2.75) is 45.4 Å². The molecule has 2 nitrogen and oxygen atoms in total. The first kappa shape index (κ1) is 31.6. The molecule has 2 heteroatoms. The van der Waals surface area contributed by atoms with Crippen LogP contribution in [0.5, 0.6) is 0 Å². The van der Waals surface area contributed by atoms with Crippen molar-refractivity contribution >= 4 is 60.5 Å². The van der Waals surface area contributed by atoms with Crippen molar-refractivity contribution in [1.82, 2.24) is 0 Å². The minimum atomic E-state index is -0.0762. The van der Waals surface area contributed by atoms with Crippen LogP contribution in [0.3, 0.4) is 0 Å². The van der Waals surface area contributed by atoms with Crippen LogP contribution in [-0.4, -0.2) is 0 Å². The van der Waals surface area contributed by atoms with Gasteiger partial charge in [0.05, 0.1) is 11.4 Å². The fourth-order valence-corrected chi connectivity index (χ4v) is 9.02. The predicted octanol–water partition coefficient (Wildman–Crippen LogP) is 14.6. The average Bonchev–Trinajstić information content (AvgIpc) is 3.65. The maximum Gasteiger partial charge on any atom is 0.135 e. The molecule has 0 amide bonds. The van der Waals surface area contributed by atoms with E-state index >= 15 is 0 Å². The van der Waals surface area contributed by atoms with Crippen molar-refractivity contribution in [3.63, 3.8) is 0 Å². The number of para-hydroxylation sites is 1. The van der Waals surface area contributed by atoms with Crippen molar-refractivity contribution in [1.29, 1.82) is 0 Å². The third kappa shape index (κ3) is 4.78. The number of hydrogen-bond acceptors (Lipinski definition) is 2. The maximum atomic E-state index is 6.31. The van der Waals surface area contributed by atoms with E-state index in [9.17, 15) is 0 Å². The number of rotatable bonds is 4. The largest absolute Gasteiger partial charge is 0.456 e. The summed E-state index contributed by atoms with van der Waals surface area (Å²) in [7, 11) is 0. The van der Waals surface area contributed by atoms with Gasteiger partial charge in [0.2, 0.25) is 0 Å². The lowest BCUT2D eigenvalue weighted by atomic mass is 9.82. The van der Waals surface area contributed by atoms with Crippen LogP contribution in [0.2, 0.25) is 0 Å². The summed E-state index contributed by atoms with van der Waals surface area (Å²) in [5, 5.41) is 7.19. The number of fused-ring (bicyclic) bond motifs is 8. The lowest BCUT2D eigenvalue weighted by Crippen LogP contribution is -2.16. The Morgan fingerprint density at radius 3 is 1.98 bits per heavy atom. The van der Waals surface area contributed by atoms with E-state index in [1.54, 1.807) is 0 Å². The first-order valence-corrected chi connectivity index (χ1v) is 18.7. The SMILES string of the molecule is CC(C)(C)c1ccc(N(c2ccc3c(c2)-c2ccccc2C3(C)C)c2ccc3ccccc3c2-c2ccc3oc4ccccc4c3c2)c2ccccc12. The van der Waals surface area contributed by atoms with E-state index in [0.29, 0.717) is 0 Å². The van der Waals surface area contributed by atoms with Gasteiger partial charge >= 0.3 is 0 Å². The second-order valence-electron chi connectivity index (χ2n) is 16.2. The van der Waals surface area contributed by atoms with Gasteiger partial charge in [-0.1, -0.05) is 150 Å². The molecule has 0 radical (unpaired) electrons. The van der Waals surface area contributed by atoms with Crippen LogP contribution in [0.15, 0.2) is 162 Å². The summed E-state index contributed by atoms with van der Waals surface area (Å²) >= 11 is 0. The highest BCUT2D eigenvalue weighted by molar-refractivity contribution is 6.12. The second kappa shape index (κ2) is 11.4. The average molecular weight is 684 g/mol. The molecule has 0 N–H and O–H groups in total. The lowest BCUT2D eigenvalue weighted by molar-refractivity contribution is 0.596. The molecule has 0 bridgehead atoms. The Hall–Kier alpha value is -6.12. The second-order valence-corrected chi connectivity index (χ2v) is 16.2. The van der Waals surface area contributed by atoms with Crippen LogP contribution in [0.1, 0.15) is 51.3 Å². The molecular weight excluding hydrogens is 643 g/mol. The standard InChI is InChI=1S/C51H41NO/c1-50(2,3)42-26-28-45(38-18-9-8-16-36(38)42)52(34-24-25-44-40(31-34)37-17-10-12-20-43(37)51(44,4)5)46-27-22-32-14-6-7-15-35(32)49(46)33-23-29-48-41(30-33)39-19-11-13-21-47(39)53-48/h6-31H,1-5H3. The minimum absolute atomic E-state index is 0.0112. The number of benzene rings is 8. The molecule has 53 heavy (non-hydrogen) atoms. The smallest absolute Gasteiger partial charge is 0.135 e. The molecule has 0 atom stereocenters. The van der Waals surface area contributed by atoms with Crippen molar-refractivity contribution in [2.24, 2.45) is 0 Å². The molecule has 8 aromatic carbocycles. The van der Waals surface area contributed by atoms with E-state index < -0.39 is 0 Å². The molecule has 0 fully saturated rings. The molecule has 1 aromatic heterocycles. The summed E-state index contributed by atoms with van der Waals surface area (Å²) in [6.07, 6.45) is 0. The van der Waals surface area contributed by atoms with Gasteiger partial charge in [-0.25, -0.2) is 0 Å². The number of nitrogens with zero attached hydrogens (tertiary/aromatic N) is 1. The predicted molar refractivity (Wildman–Crippen MR) is 225 cm³/mol. The Morgan fingerprint density at radius 1 is 0.491 bits per heavy atom.